The van der Waals surface area contributed by atoms with Gasteiger partial charge in [-0.05, 0) is 46.6 Å². The van der Waals surface area contributed by atoms with Crippen LogP contribution in [0.5, 0.6) is 0 Å². The number of amides is 2. The van der Waals surface area contributed by atoms with Gasteiger partial charge >= 0.3 is 12.1 Å². The predicted molar refractivity (Wildman–Crippen MR) is 102 cm³/mol. The predicted octanol–water partition coefficient (Wildman–Crippen LogP) is 2.44. The number of carbonyl (C=O) groups excluding carboxylic acids is 3. The summed E-state index contributed by atoms with van der Waals surface area (Å²) in [4.78, 5) is 36.2. The minimum atomic E-state index is -0.792. The zero-order valence-electron chi connectivity index (χ0n) is 16.7. The lowest BCUT2D eigenvalue weighted by Crippen LogP contribution is -2.48. The molecule has 0 aliphatic carbocycles. The minimum Gasteiger partial charge on any atom is -0.466 e. The van der Waals surface area contributed by atoms with E-state index >= 15 is 0 Å². The molecule has 2 atom stereocenters. The van der Waals surface area contributed by atoms with Crippen molar-refractivity contribution in [3.05, 3.63) is 35.9 Å². The fourth-order valence-electron chi connectivity index (χ4n) is 2.32. The molecule has 0 aliphatic rings. The van der Waals surface area contributed by atoms with Crippen molar-refractivity contribution in [3.8, 4) is 0 Å². The number of nitrogens with one attached hydrogen (secondary N) is 2. The fraction of sp³-hybridized carbons (Fsp3) is 0.550. The summed E-state index contributed by atoms with van der Waals surface area (Å²) in [5.74, 6) is -1.28. The van der Waals surface area contributed by atoms with E-state index in [4.69, 9.17) is 9.47 Å². The van der Waals surface area contributed by atoms with Crippen LogP contribution in [0.25, 0.3) is 0 Å². The van der Waals surface area contributed by atoms with E-state index < -0.39 is 29.6 Å². The zero-order valence-corrected chi connectivity index (χ0v) is 16.7. The Kier molecular flexibility index (Phi) is 8.78. The van der Waals surface area contributed by atoms with Gasteiger partial charge in [0.2, 0.25) is 5.91 Å². The summed E-state index contributed by atoms with van der Waals surface area (Å²) in [5, 5.41) is 5.17. The van der Waals surface area contributed by atoms with E-state index in [0.717, 1.165) is 5.56 Å². The van der Waals surface area contributed by atoms with E-state index in [1.165, 1.54) is 0 Å². The van der Waals surface area contributed by atoms with E-state index in [1.54, 1.807) is 34.6 Å². The number of esters is 1. The molecule has 0 aromatic heterocycles. The number of rotatable bonds is 8. The van der Waals surface area contributed by atoms with Crippen molar-refractivity contribution in [1.29, 1.82) is 0 Å². The summed E-state index contributed by atoms with van der Waals surface area (Å²) in [6, 6.07) is 8.72. The Labute approximate surface area is 160 Å². The lowest BCUT2D eigenvalue weighted by atomic mass is 9.99. The van der Waals surface area contributed by atoms with Crippen molar-refractivity contribution in [2.24, 2.45) is 5.92 Å². The number of hydrogen-bond donors (Lipinski definition) is 2. The molecule has 0 spiro atoms. The van der Waals surface area contributed by atoms with Gasteiger partial charge < -0.3 is 20.1 Å². The number of carbonyl (C=O) groups is 3. The average Bonchev–Trinajstić information content (AvgIpc) is 2.57. The SMILES string of the molecule is CCOC(=O)C(CNC(=O)[C@@H](C)NC(=O)OC(C)(C)C)Cc1ccccc1. The molecule has 0 heterocycles. The molecule has 1 aromatic carbocycles. The fourth-order valence-corrected chi connectivity index (χ4v) is 2.32. The van der Waals surface area contributed by atoms with Crippen LogP contribution in [0.3, 0.4) is 0 Å². The van der Waals surface area contributed by atoms with Crippen molar-refractivity contribution in [1.82, 2.24) is 10.6 Å². The maximum absolute atomic E-state index is 12.2. The van der Waals surface area contributed by atoms with Crippen LogP contribution in [0.4, 0.5) is 4.79 Å². The van der Waals surface area contributed by atoms with Crippen molar-refractivity contribution in [2.45, 2.75) is 52.7 Å². The Morgan fingerprint density at radius 3 is 2.30 bits per heavy atom. The molecule has 1 rings (SSSR count). The van der Waals surface area contributed by atoms with Gasteiger partial charge in [0.1, 0.15) is 11.6 Å². The van der Waals surface area contributed by atoms with Gasteiger partial charge in [0.15, 0.2) is 0 Å². The Balaban J connectivity index is 2.61. The Hall–Kier alpha value is -2.57. The second-order valence-corrected chi connectivity index (χ2v) is 7.25. The first-order valence-electron chi connectivity index (χ1n) is 9.10. The van der Waals surface area contributed by atoms with Gasteiger partial charge in [-0.2, -0.15) is 0 Å². The molecule has 7 nitrogen and oxygen atoms in total. The van der Waals surface area contributed by atoms with E-state index in [0.29, 0.717) is 6.42 Å². The highest BCUT2D eigenvalue weighted by molar-refractivity contribution is 5.85. The molecule has 7 heteroatoms. The van der Waals surface area contributed by atoms with Crippen LogP contribution in [-0.4, -0.2) is 42.8 Å². The van der Waals surface area contributed by atoms with Gasteiger partial charge in [-0.3, -0.25) is 9.59 Å². The lowest BCUT2D eigenvalue weighted by Gasteiger charge is -2.22. The van der Waals surface area contributed by atoms with Crippen LogP contribution in [-0.2, 0) is 25.5 Å². The summed E-state index contributed by atoms with van der Waals surface area (Å²) < 4.78 is 10.2. The molecule has 1 aromatic rings. The zero-order chi connectivity index (χ0) is 20.4. The monoisotopic (exact) mass is 378 g/mol. The molecule has 0 fully saturated rings. The van der Waals surface area contributed by atoms with Crippen LogP contribution >= 0.6 is 0 Å². The average molecular weight is 378 g/mol. The normalized spacial score (nSPS) is 13.2. The van der Waals surface area contributed by atoms with E-state index in [1.807, 2.05) is 30.3 Å². The second-order valence-electron chi connectivity index (χ2n) is 7.25. The standard InChI is InChI=1S/C20H30N2O5/c1-6-26-18(24)16(12-15-10-8-7-9-11-15)13-21-17(23)14(2)22-19(25)27-20(3,4)5/h7-11,14,16H,6,12-13H2,1-5H3,(H,21,23)(H,22,25)/t14-,16?/m1/s1. The largest absolute Gasteiger partial charge is 0.466 e. The van der Waals surface area contributed by atoms with Crippen molar-refractivity contribution >= 4 is 18.0 Å². The maximum Gasteiger partial charge on any atom is 0.408 e. The highest BCUT2D eigenvalue weighted by atomic mass is 16.6. The summed E-state index contributed by atoms with van der Waals surface area (Å²) in [6.45, 7) is 8.90. The number of ether oxygens (including phenoxy) is 2. The van der Waals surface area contributed by atoms with Crippen molar-refractivity contribution in [3.63, 3.8) is 0 Å². The topological polar surface area (TPSA) is 93.7 Å². The quantitative estimate of drug-likeness (QED) is 0.678. The van der Waals surface area contributed by atoms with Gasteiger partial charge in [0.05, 0.1) is 12.5 Å². The van der Waals surface area contributed by atoms with Gasteiger partial charge in [-0.1, -0.05) is 30.3 Å². The molecule has 2 amide bonds. The minimum absolute atomic E-state index is 0.118. The molecular weight excluding hydrogens is 348 g/mol. The molecule has 2 N–H and O–H groups in total. The summed E-state index contributed by atoms with van der Waals surface area (Å²) >= 11 is 0. The third-order valence-corrected chi connectivity index (χ3v) is 3.59. The molecule has 150 valence electrons. The maximum atomic E-state index is 12.2. The van der Waals surface area contributed by atoms with Crippen LogP contribution in [0.2, 0.25) is 0 Å². The smallest absolute Gasteiger partial charge is 0.408 e. The molecule has 0 saturated heterocycles. The van der Waals surface area contributed by atoms with Gasteiger partial charge in [-0.25, -0.2) is 4.79 Å². The molecule has 27 heavy (non-hydrogen) atoms. The van der Waals surface area contributed by atoms with Crippen LogP contribution < -0.4 is 10.6 Å². The van der Waals surface area contributed by atoms with Crippen LogP contribution in [0.15, 0.2) is 30.3 Å². The molecule has 0 aliphatic heterocycles. The number of alkyl carbamates (subject to hydrolysis) is 1. The third kappa shape index (κ3) is 9.08. The number of benzene rings is 1. The Bertz CT molecular complexity index is 625. The molecule has 0 saturated carbocycles. The van der Waals surface area contributed by atoms with E-state index in [9.17, 15) is 14.4 Å². The highest BCUT2D eigenvalue weighted by Crippen LogP contribution is 2.10. The van der Waals surface area contributed by atoms with Crippen molar-refractivity contribution < 1.29 is 23.9 Å². The molecule has 0 bridgehead atoms. The van der Waals surface area contributed by atoms with Gasteiger partial charge in [0.25, 0.3) is 0 Å². The Morgan fingerprint density at radius 1 is 1.11 bits per heavy atom. The first kappa shape index (κ1) is 22.5. The third-order valence-electron chi connectivity index (χ3n) is 3.59. The second kappa shape index (κ2) is 10.5. The van der Waals surface area contributed by atoms with Crippen LogP contribution in [0.1, 0.15) is 40.2 Å². The number of hydrogen-bond acceptors (Lipinski definition) is 5. The van der Waals surface area contributed by atoms with Crippen LogP contribution in [0, 0.1) is 5.92 Å². The van der Waals surface area contributed by atoms with Gasteiger partial charge in [0, 0.05) is 6.54 Å². The summed E-state index contributed by atoms with van der Waals surface area (Å²) in [6.07, 6.45) is -0.218. The molecule has 1 unspecified atom stereocenters. The molecule has 0 radical (unpaired) electrons. The van der Waals surface area contributed by atoms with E-state index in [2.05, 4.69) is 10.6 Å². The molecular formula is C20H30N2O5. The van der Waals surface area contributed by atoms with Gasteiger partial charge in [-0.15, -0.1) is 0 Å². The van der Waals surface area contributed by atoms with E-state index in [-0.39, 0.29) is 19.1 Å². The highest BCUT2D eigenvalue weighted by Gasteiger charge is 2.24. The van der Waals surface area contributed by atoms with Crippen molar-refractivity contribution in [2.75, 3.05) is 13.2 Å². The first-order chi connectivity index (χ1) is 12.6. The summed E-state index contributed by atoms with van der Waals surface area (Å²) in [5.41, 5.74) is 0.329. The Morgan fingerprint density at radius 2 is 1.74 bits per heavy atom. The lowest BCUT2D eigenvalue weighted by molar-refractivity contribution is -0.147. The first-order valence-corrected chi connectivity index (χ1v) is 9.10. The summed E-state index contributed by atoms with van der Waals surface area (Å²) in [7, 11) is 0.